The second-order valence-electron chi connectivity index (χ2n) is 6.57. The molecule has 3 rings (SSSR count). The van der Waals surface area contributed by atoms with Crippen molar-refractivity contribution >= 4 is 17.3 Å². The van der Waals surface area contributed by atoms with Gasteiger partial charge in [-0.1, -0.05) is 0 Å². The van der Waals surface area contributed by atoms with Gasteiger partial charge in [0.15, 0.2) is 5.75 Å². The molecular formula is C19H22N4O6. The number of morpholine rings is 1. The van der Waals surface area contributed by atoms with Crippen molar-refractivity contribution in [1.82, 2.24) is 9.47 Å². The second-order valence-corrected chi connectivity index (χ2v) is 6.57. The number of anilines is 1. The number of rotatable bonds is 7. The van der Waals surface area contributed by atoms with Crippen LogP contribution in [0.15, 0.2) is 41.3 Å². The zero-order valence-electron chi connectivity index (χ0n) is 16.0. The molecule has 0 saturated carbocycles. The van der Waals surface area contributed by atoms with Gasteiger partial charge in [-0.15, -0.1) is 0 Å². The third-order valence-corrected chi connectivity index (χ3v) is 4.57. The number of hydrogen-bond acceptors (Lipinski definition) is 7. The molecule has 10 nitrogen and oxygen atoms in total. The van der Waals surface area contributed by atoms with E-state index >= 15 is 0 Å². The zero-order chi connectivity index (χ0) is 20.8. The van der Waals surface area contributed by atoms with Gasteiger partial charge < -0.3 is 19.4 Å². The fraction of sp³-hybridized carbons (Fsp3) is 0.368. The van der Waals surface area contributed by atoms with Crippen LogP contribution in [-0.4, -0.2) is 53.7 Å². The van der Waals surface area contributed by atoms with Gasteiger partial charge in [-0.2, -0.15) is 0 Å². The number of hydrogen-bond donors (Lipinski definition) is 1. The summed E-state index contributed by atoms with van der Waals surface area (Å²) >= 11 is 0. The molecule has 1 saturated heterocycles. The summed E-state index contributed by atoms with van der Waals surface area (Å²) < 4.78 is 12.1. The molecule has 0 aliphatic carbocycles. The van der Waals surface area contributed by atoms with Crippen LogP contribution in [0.5, 0.6) is 5.75 Å². The maximum atomic E-state index is 12.5. The number of pyridine rings is 1. The first kappa shape index (κ1) is 20.5. The van der Waals surface area contributed by atoms with E-state index in [0.717, 1.165) is 13.1 Å². The number of nitrogens with one attached hydrogen (secondary N) is 1. The lowest BCUT2D eigenvalue weighted by atomic mass is 10.2. The molecule has 0 unspecified atom stereocenters. The normalized spacial score (nSPS) is 14.4. The van der Waals surface area contributed by atoms with Crippen LogP contribution in [0.3, 0.4) is 0 Å². The van der Waals surface area contributed by atoms with Crippen LogP contribution in [0.4, 0.5) is 11.4 Å². The highest BCUT2D eigenvalue weighted by atomic mass is 16.6. The van der Waals surface area contributed by atoms with Crippen LogP contribution in [0.2, 0.25) is 0 Å². The molecule has 1 fully saturated rings. The topological polar surface area (TPSA) is 116 Å². The average molecular weight is 402 g/mol. The van der Waals surface area contributed by atoms with Gasteiger partial charge in [0, 0.05) is 49.2 Å². The highest BCUT2D eigenvalue weighted by Crippen LogP contribution is 2.16. The van der Waals surface area contributed by atoms with Gasteiger partial charge in [0.1, 0.15) is 6.54 Å². The number of methoxy groups -OCH3 is 1. The zero-order valence-corrected chi connectivity index (χ0v) is 16.0. The smallest absolute Gasteiger partial charge is 0.269 e. The van der Waals surface area contributed by atoms with Crippen LogP contribution >= 0.6 is 0 Å². The van der Waals surface area contributed by atoms with Crippen molar-refractivity contribution in [3.63, 3.8) is 0 Å². The number of ether oxygens (including phenoxy) is 2. The monoisotopic (exact) mass is 402 g/mol. The Balaban J connectivity index is 1.75. The summed E-state index contributed by atoms with van der Waals surface area (Å²) in [6.45, 7) is 3.22. The van der Waals surface area contributed by atoms with Gasteiger partial charge in [-0.3, -0.25) is 24.6 Å². The number of carbonyl (C=O) groups is 1. The SMILES string of the molecule is COc1cn(CC(=O)Nc2ccc([N+](=O)[O-])cc2)c(CN2CCOCC2)cc1=O. The number of nitrogens with zero attached hydrogens (tertiary/aromatic N) is 3. The highest BCUT2D eigenvalue weighted by Gasteiger charge is 2.16. The standard InChI is InChI=1S/C19H22N4O6/c1-28-18-12-22(16(10-17(18)24)11-21-6-8-29-9-7-21)13-19(25)20-14-2-4-15(5-3-14)23(26)27/h2-5,10,12H,6-9,11,13H2,1H3,(H,20,25). The molecule has 2 aromatic rings. The van der Waals surface area contributed by atoms with Gasteiger partial charge in [0.2, 0.25) is 11.3 Å². The maximum Gasteiger partial charge on any atom is 0.269 e. The van der Waals surface area contributed by atoms with Crippen LogP contribution in [0, 0.1) is 10.1 Å². The number of nitro benzene ring substituents is 1. The number of aromatic nitrogens is 1. The van der Waals surface area contributed by atoms with Gasteiger partial charge in [0.25, 0.3) is 5.69 Å². The van der Waals surface area contributed by atoms with E-state index in [1.165, 1.54) is 43.6 Å². The van der Waals surface area contributed by atoms with Crippen LogP contribution < -0.4 is 15.5 Å². The Labute approximate surface area is 166 Å². The van der Waals surface area contributed by atoms with Crippen LogP contribution in [0.1, 0.15) is 5.69 Å². The third-order valence-electron chi connectivity index (χ3n) is 4.57. The highest BCUT2D eigenvalue weighted by molar-refractivity contribution is 5.90. The summed E-state index contributed by atoms with van der Waals surface area (Å²) in [4.78, 5) is 37.1. The van der Waals surface area contributed by atoms with Crippen molar-refractivity contribution in [2.45, 2.75) is 13.1 Å². The largest absolute Gasteiger partial charge is 0.491 e. The first-order valence-electron chi connectivity index (χ1n) is 9.08. The molecule has 154 valence electrons. The lowest BCUT2D eigenvalue weighted by molar-refractivity contribution is -0.384. The molecule has 1 amide bonds. The van der Waals surface area contributed by atoms with E-state index in [1.54, 1.807) is 4.57 Å². The summed E-state index contributed by atoms with van der Waals surface area (Å²) in [5, 5.41) is 13.4. The molecule has 1 N–H and O–H groups in total. The Morgan fingerprint density at radius 1 is 1.28 bits per heavy atom. The number of nitro groups is 1. The predicted molar refractivity (Wildman–Crippen MR) is 105 cm³/mol. The van der Waals surface area contributed by atoms with Crippen molar-refractivity contribution in [2.24, 2.45) is 0 Å². The summed E-state index contributed by atoms with van der Waals surface area (Å²) in [5.41, 5.74) is 0.837. The fourth-order valence-corrected chi connectivity index (χ4v) is 3.04. The van der Waals surface area contributed by atoms with Crippen molar-refractivity contribution < 1.29 is 19.2 Å². The Morgan fingerprint density at radius 3 is 2.59 bits per heavy atom. The number of carbonyl (C=O) groups excluding carboxylic acids is 1. The molecule has 1 aromatic heterocycles. The molecule has 1 aliphatic rings. The Morgan fingerprint density at radius 2 is 1.97 bits per heavy atom. The molecule has 1 aliphatic heterocycles. The van der Waals surface area contributed by atoms with E-state index in [-0.39, 0.29) is 29.3 Å². The minimum absolute atomic E-state index is 0.0344. The van der Waals surface area contributed by atoms with E-state index in [9.17, 15) is 19.7 Å². The second kappa shape index (κ2) is 9.30. The Bertz CT molecular complexity index is 935. The quantitative estimate of drug-likeness (QED) is 0.547. The molecule has 29 heavy (non-hydrogen) atoms. The minimum Gasteiger partial charge on any atom is -0.491 e. The van der Waals surface area contributed by atoms with Gasteiger partial charge in [-0.25, -0.2) is 0 Å². The molecule has 0 bridgehead atoms. The molecular weight excluding hydrogens is 380 g/mol. The third kappa shape index (κ3) is 5.39. The van der Waals surface area contributed by atoms with Crippen LogP contribution in [-0.2, 0) is 22.6 Å². The first-order valence-corrected chi connectivity index (χ1v) is 9.08. The van der Waals surface area contributed by atoms with E-state index in [2.05, 4.69) is 10.2 Å². The molecule has 10 heteroatoms. The van der Waals surface area contributed by atoms with E-state index in [1.807, 2.05) is 0 Å². The molecule has 1 aromatic carbocycles. The van der Waals surface area contributed by atoms with Crippen molar-refractivity contribution in [1.29, 1.82) is 0 Å². The first-order chi connectivity index (χ1) is 14.0. The van der Waals surface area contributed by atoms with Crippen LogP contribution in [0.25, 0.3) is 0 Å². The molecule has 0 radical (unpaired) electrons. The molecule has 0 spiro atoms. The molecule has 2 heterocycles. The van der Waals surface area contributed by atoms with Gasteiger partial charge >= 0.3 is 0 Å². The summed E-state index contributed by atoms with van der Waals surface area (Å²) in [6.07, 6.45) is 1.52. The Kier molecular flexibility index (Phi) is 6.57. The van der Waals surface area contributed by atoms with Crippen molar-refractivity contribution in [3.8, 4) is 5.75 Å². The van der Waals surface area contributed by atoms with E-state index < -0.39 is 4.92 Å². The van der Waals surface area contributed by atoms with E-state index in [0.29, 0.717) is 31.1 Å². The van der Waals surface area contributed by atoms with Crippen molar-refractivity contribution in [2.75, 3.05) is 38.7 Å². The minimum atomic E-state index is -0.504. The molecule has 0 atom stereocenters. The van der Waals surface area contributed by atoms with Gasteiger partial charge in [0.05, 0.1) is 31.4 Å². The average Bonchev–Trinajstić information content (AvgIpc) is 2.71. The lowest BCUT2D eigenvalue weighted by Gasteiger charge is -2.27. The Hall–Kier alpha value is -3.24. The van der Waals surface area contributed by atoms with Gasteiger partial charge in [-0.05, 0) is 12.1 Å². The number of benzene rings is 1. The summed E-state index contributed by atoms with van der Waals surface area (Å²) in [5.74, 6) is -0.174. The fourth-order valence-electron chi connectivity index (χ4n) is 3.04. The predicted octanol–water partition coefficient (Wildman–Crippen LogP) is 1.24. The number of non-ortho nitro benzene ring substituents is 1. The summed E-state index contributed by atoms with van der Waals surface area (Å²) in [6, 6.07) is 7.06. The lowest BCUT2D eigenvalue weighted by Crippen LogP contribution is -2.37. The summed E-state index contributed by atoms with van der Waals surface area (Å²) in [7, 11) is 1.40. The van der Waals surface area contributed by atoms with E-state index in [4.69, 9.17) is 9.47 Å². The number of amides is 1. The maximum absolute atomic E-state index is 12.5. The van der Waals surface area contributed by atoms with Crippen molar-refractivity contribution in [3.05, 3.63) is 62.6 Å².